The van der Waals surface area contributed by atoms with E-state index in [9.17, 15) is 14.4 Å². The number of likely N-dealkylation sites (tertiary alicyclic amines) is 1. The smallest absolute Gasteiger partial charge is 0.312 e. The van der Waals surface area contributed by atoms with Crippen molar-refractivity contribution < 1.29 is 19.5 Å². The number of hydrogen-bond acceptors (Lipinski definition) is 3. The lowest BCUT2D eigenvalue weighted by molar-refractivity contribution is -0.148. The van der Waals surface area contributed by atoms with E-state index in [1.807, 2.05) is 0 Å². The number of rotatable bonds is 3. The van der Waals surface area contributed by atoms with Crippen LogP contribution < -0.4 is 0 Å². The van der Waals surface area contributed by atoms with Crippen LogP contribution in [0.1, 0.15) is 19.3 Å². The summed E-state index contributed by atoms with van der Waals surface area (Å²) in [6.07, 6.45) is 0.815. The molecule has 0 aromatic carbocycles. The lowest BCUT2D eigenvalue weighted by Gasteiger charge is -2.25. The molecule has 16 heavy (non-hydrogen) atoms. The summed E-state index contributed by atoms with van der Waals surface area (Å²) in [5.41, 5.74) is 0. The van der Waals surface area contributed by atoms with Gasteiger partial charge in [0.15, 0.2) is 0 Å². The van der Waals surface area contributed by atoms with E-state index in [4.69, 9.17) is 5.11 Å². The first-order valence-electron chi connectivity index (χ1n) is 5.16. The molecule has 0 bridgehead atoms. The predicted octanol–water partition coefficient (Wildman–Crippen LogP) is -0.460. The second-order valence-electron chi connectivity index (χ2n) is 4.05. The fourth-order valence-corrected chi connectivity index (χ4v) is 1.85. The lowest BCUT2D eigenvalue weighted by atomic mass is 10.2. The number of carboxylic acid groups (broad SMARTS) is 1. The van der Waals surface area contributed by atoms with Gasteiger partial charge in [-0.2, -0.15) is 0 Å². The number of carbonyl (C=O) groups excluding carboxylic acids is 2. The van der Waals surface area contributed by atoms with Gasteiger partial charge in [0.2, 0.25) is 11.8 Å². The van der Waals surface area contributed by atoms with Crippen LogP contribution in [0.2, 0.25) is 0 Å². The van der Waals surface area contributed by atoms with Gasteiger partial charge in [0.25, 0.3) is 0 Å². The Labute approximate surface area is 93.8 Å². The van der Waals surface area contributed by atoms with E-state index in [0.29, 0.717) is 13.0 Å². The van der Waals surface area contributed by atoms with E-state index in [0.717, 1.165) is 6.42 Å². The van der Waals surface area contributed by atoms with Crippen LogP contribution in [0.15, 0.2) is 0 Å². The Kier molecular flexibility index (Phi) is 3.87. The molecule has 1 aliphatic heterocycles. The maximum absolute atomic E-state index is 11.7. The van der Waals surface area contributed by atoms with Gasteiger partial charge < -0.3 is 14.9 Å². The van der Waals surface area contributed by atoms with Crippen molar-refractivity contribution in [3.05, 3.63) is 0 Å². The molecule has 0 aromatic rings. The molecule has 1 N–H and O–H groups in total. The normalized spacial score (nSPS) is 19.6. The highest BCUT2D eigenvalue weighted by Crippen LogP contribution is 2.19. The first kappa shape index (κ1) is 12.5. The van der Waals surface area contributed by atoms with Gasteiger partial charge in [0.1, 0.15) is 12.5 Å². The lowest BCUT2D eigenvalue weighted by Crippen LogP contribution is -2.45. The van der Waals surface area contributed by atoms with Crippen molar-refractivity contribution in [2.45, 2.75) is 25.3 Å². The topological polar surface area (TPSA) is 77.9 Å². The van der Waals surface area contributed by atoms with Crippen LogP contribution in [0.3, 0.4) is 0 Å². The summed E-state index contributed by atoms with van der Waals surface area (Å²) in [6.45, 7) is 0.469. The van der Waals surface area contributed by atoms with Crippen LogP contribution in [0.4, 0.5) is 0 Å². The first-order chi connectivity index (χ1) is 7.43. The summed E-state index contributed by atoms with van der Waals surface area (Å²) in [5, 5.41) is 8.54. The number of carbonyl (C=O) groups is 3. The molecule has 6 heteroatoms. The minimum absolute atomic E-state index is 0.142. The third-order valence-electron chi connectivity index (χ3n) is 2.60. The van der Waals surface area contributed by atoms with Crippen molar-refractivity contribution >= 4 is 17.8 Å². The molecule has 2 amide bonds. The van der Waals surface area contributed by atoms with Gasteiger partial charge in [0, 0.05) is 20.6 Å². The van der Waals surface area contributed by atoms with E-state index in [-0.39, 0.29) is 5.91 Å². The van der Waals surface area contributed by atoms with Gasteiger partial charge in [-0.3, -0.25) is 14.4 Å². The second kappa shape index (κ2) is 4.96. The van der Waals surface area contributed by atoms with Crippen molar-refractivity contribution in [3.63, 3.8) is 0 Å². The standard InChI is InChI=1S/C10H16N2O4/c1-11(2)10(16)7-4-3-5-12(7)8(13)6-9(14)15/h7H,3-6H2,1-2H3,(H,14,15). The number of nitrogens with zero attached hydrogens (tertiary/aromatic N) is 2. The molecular formula is C10H16N2O4. The molecule has 0 aliphatic carbocycles. The van der Waals surface area contributed by atoms with E-state index in [2.05, 4.69) is 0 Å². The molecule has 1 aliphatic rings. The first-order valence-corrected chi connectivity index (χ1v) is 5.16. The average Bonchev–Trinajstić information content (AvgIpc) is 2.63. The minimum Gasteiger partial charge on any atom is -0.481 e. The van der Waals surface area contributed by atoms with Gasteiger partial charge in [-0.1, -0.05) is 0 Å². The van der Waals surface area contributed by atoms with Crippen molar-refractivity contribution in [3.8, 4) is 0 Å². The van der Waals surface area contributed by atoms with Crippen molar-refractivity contribution in [1.82, 2.24) is 9.80 Å². The van der Waals surface area contributed by atoms with Gasteiger partial charge in [-0.15, -0.1) is 0 Å². The number of hydrogen-bond donors (Lipinski definition) is 1. The van der Waals surface area contributed by atoms with Crippen LogP contribution in [-0.4, -0.2) is 59.4 Å². The largest absolute Gasteiger partial charge is 0.481 e. The van der Waals surface area contributed by atoms with E-state index in [1.54, 1.807) is 14.1 Å². The summed E-state index contributed by atoms with van der Waals surface area (Å²) in [5.74, 6) is -1.78. The predicted molar refractivity (Wildman–Crippen MR) is 55.7 cm³/mol. The maximum atomic E-state index is 11.7. The Bertz CT molecular complexity index is 314. The Morgan fingerprint density at radius 3 is 2.50 bits per heavy atom. The van der Waals surface area contributed by atoms with Crippen molar-refractivity contribution in [1.29, 1.82) is 0 Å². The SMILES string of the molecule is CN(C)C(=O)C1CCCN1C(=O)CC(=O)O. The third-order valence-corrected chi connectivity index (χ3v) is 2.60. The summed E-state index contributed by atoms with van der Waals surface area (Å²) < 4.78 is 0. The molecule has 0 saturated carbocycles. The molecule has 1 unspecified atom stereocenters. The van der Waals surface area contributed by atoms with Crippen molar-refractivity contribution in [2.75, 3.05) is 20.6 Å². The highest BCUT2D eigenvalue weighted by atomic mass is 16.4. The Balaban J connectivity index is 2.69. The number of likely N-dealkylation sites (N-methyl/N-ethyl adjacent to an activating group) is 1. The summed E-state index contributed by atoms with van der Waals surface area (Å²) in [7, 11) is 3.25. The monoisotopic (exact) mass is 228 g/mol. The second-order valence-corrected chi connectivity index (χ2v) is 4.05. The molecule has 1 atom stereocenters. The molecule has 6 nitrogen and oxygen atoms in total. The number of amides is 2. The van der Waals surface area contributed by atoms with Crippen LogP contribution >= 0.6 is 0 Å². The van der Waals surface area contributed by atoms with Crippen LogP contribution in [-0.2, 0) is 14.4 Å². The zero-order valence-electron chi connectivity index (χ0n) is 9.47. The Morgan fingerprint density at radius 1 is 1.38 bits per heavy atom. The van der Waals surface area contributed by atoms with Gasteiger partial charge in [0.05, 0.1) is 0 Å². The average molecular weight is 228 g/mol. The van der Waals surface area contributed by atoms with Gasteiger partial charge >= 0.3 is 5.97 Å². The summed E-state index contributed by atoms with van der Waals surface area (Å²) in [4.78, 5) is 36.5. The van der Waals surface area contributed by atoms with E-state index < -0.39 is 24.3 Å². The quantitative estimate of drug-likeness (QED) is 0.663. The molecule has 1 rings (SSSR count). The van der Waals surface area contributed by atoms with E-state index >= 15 is 0 Å². The molecule has 0 aromatic heterocycles. The summed E-state index contributed by atoms with van der Waals surface area (Å²) in [6, 6.07) is -0.484. The number of aliphatic carboxylic acids is 1. The van der Waals surface area contributed by atoms with Crippen LogP contribution in [0, 0.1) is 0 Å². The van der Waals surface area contributed by atoms with Crippen LogP contribution in [0.25, 0.3) is 0 Å². The minimum atomic E-state index is -1.16. The van der Waals surface area contributed by atoms with Crippen molar-refractivity contribution in [2.24, 2.45) is 0 Å². The Hall–Kier alpha value is -1.59. The van der Waals surface area contributed by atoms with Gasteiger partial charge in [-0.05, 0) is 12.8 Å². The van der Waals surface area contributed by atoms with E-state index in [1.165, 1.54) is 9.80 Å². The highest BCUT2D eigenvalue weighted by Gasteiger charge is 2.35. The molecule has 1 heterocycles. The molecule has 90 valence electrons. The zero-order valence-corrected chi connectivity index (χ0v) is 9.47. The molecule has 0 radical (unpaired) electrons. The fraction of sp³-hybridized carbons (Fsp3) is 0.700. The Morgan fingerprint density at radius 2 is 2.00 bits per heavy atom. The molecule has 1 saturated heterocycles. The molecule has 0 spiro atoms. The van der Waals surface area contributed by atoms with Crippen LogP contribution in [0.5, 0.6) is 0 Å². The fourth-order valence-electron chi connectivity index (χ4n) is 1.85. The third kappa shape index (κ3) is 2.71. The maximum Gasteiger partial charge on any atom is 0.312 e. The highest BCUT2D eigenvalue weighted by molar-refractivity contribution is 5.96. The molecular weight excluding hydrogens is 212 g/mol. The number of carboxylic acids is 1. The molecule has 1 fully saturated rings. The van der Waals surface area contributed by atoms with Gasteiger partial charge in [-0.25, -0.2) is 0 Å². The summed E-state index contributed by atoms with van der Waals surface area (Å²) >= 11 is 0. The zero-order chi connectivity index (χ0) is 12.3.